The van der Waals surface area contributed by atoms with E-state index >= 15 is 0 Å². The van der Waals surface area contributed by atoms with Crippen LogP contribution in [0.2, 0.25) is 0 Å². The summed E-state index contributed by atoms with van der Waals surface area (Å²) in [5, 5.41) is 3.23. The van der Waals surface area contributed by atoms with Crippen LogP contribution in [0, 0.1) is 0 Å². The van der Waals surface area contributed by atoms with Crippen molar-refractivity contribution < 1.29 is 0 Å². The Kier molecular flexibility index (Phi) is 3.00. The molecule has 0 atom stereocenters. The lowest BCUT2D eigenvalue weighted by molar-refractivity contribution is 1.13. The average molecular weight is 214 g/mol. The number of nitrogens with one attached hydrogen (secondary N) is 1. The third-order valence-electron chi connectivity index (χ3n) is 2.23. The van der Waals surface area contributed by atoms with Crippen LogP contribution in [0.5, 0.6) is 0 Å². The summed E-state index contributed by atoms with van der Waals surface area (Å²) in [4.78, 5) is 9.95. The predicted molar refractivity (Wildman–Crippen MR) is 66.1 cm³/mol. The molecule has 1 N–H and O–H groups in total. The van der Waals surface area contributed by atoms with Crippen molar-refractivity contribution in [3.8, 4) is 0 Å². The molecule has 0 saturated carbocycles. The minimum absolute atomic E-state index is 0.889. The minimum atomic E-state index is 0.889. The van der Waals surface area contributed by atoms with Crippen LogP contribution in [-0.2, 0) is 0 Å². The fourth-order valence-electron chi connectivity index (χ4n) is 1.37. The Hall–Kier alpha value is -2.10. The molecule has 0 fully saturated rings. The van der Waals surface area contributed by atoms with Crippen molar-refractivity contribution in [3.05, 3.63) is 43.0 Å². The summed E-state index contributed by atoms with van der Waals surface area (Å²) >= 11 is 0. The van der Waals surface area contributed by atoms with E-state index in [9.17, 15) is 0 Å². The normalized spacial score (nSPS) is 9.88. The van der Waals surface area contributed by atoms with Crippen molar-refractivity contribution in [3.63, 3.8) is 0 Å². The van der Waals surface area contributed by atoms with E-state index in [1.807, 2.05) is 26.2 Å². The van der Waals surface area contributed by atoms with Gasteiger partial charge in [0.05, 0.1) is 18.1 Å². The highest BCUT2D eigenvalue weighted by atomic mass is 15.1. The Balaban J connectivity index is 2.11. The van der Waals surface area contributed by atoms with E-state index in [0.717, 1.165) is 11.4 Å². The van der Waals surface area contributed by atoms with Gasteiger partial charge in [0, 0.05) is 25.5 Å². The van der Waals surface area contributed by atoms with E-state index in [-0.39, 0.29) is 0 Å². The van der Waals surface area contributed by atoms with E-state index in [0.29, 0.717) is 0 Å². The van der Waals surface area contributed by atoms with Crippen LogP contribution in [0.1, 0.15) is 0 Å². The second-order valence-corrected chi connectivity index (χ2v) is 3.69. The van der Waals surface area contributed by atoms with Gasteiger partial charge in [-0.2, -0.15) is 0 Å². The first-order valence-electron chi connectivity index (χ1n) is 5.05. The van der Waals surface area contributed by atoms with E-state index in [2.05, 4.69) is 32.3 Å². The van der Waals surface area contributed by atoms with Gasteiger partial charge >= 0.3 is 0 Å². The molecule has 4 heteroatoms. The molecule has 2 rings (SSSR count). The highest BCUT2D eigenvalue weighted by Crippen LogP contribution is 2.18. The lowest BCUT2D eigenvalue weighted by atomic mass is 10.2. The van der Waals surface area contributed by atoms with Crippen molar-refractivity contribution in [2.45, 2.75) is 0 Å². The van der Waals surface area contributed by atoms with E-state index in [1.165, 1.54) is 12.0 Å². The Bertz CT molecular complexity index is 436. The zero-order valence-electron chi connectivity index (χ0n) is 9.38. The monoisotopic (exact) mass is 214 g/mol. The second kappa shape index (κ2) is 4.61. The standard InChI is InChI=1S/C12H14N4/c1-16(2)12-5-3-10(4-6-12)15-11-7-13-9-14-8-11/h3-9,15H,1-2H3. The van der Waals surface area contributed by atoms with E-state index in [1.54, 1.807) is 12.4 Å². The van der Waals surface area contributed by atoms with Crippen LogP contribution >= 0.6 is 0 Å². The Labute approximate surface area is 95.0 Å². The number of nitrogens with zero attached hydrogens (tertiary/aromatic N) is 3. The fraction of sp³-hybridized carbons (Fsp3) is 0.167. The molecule has 0 aliphatic heterocycles. The lowest BCUT2D eigenvalue weighted by Gasteiger charge is -2.13. The van der Waals surface area contributed by atoms with Gasteiger partial charge in [-0.1, -0.05) is 0 Å². The molecule has 0 amide bonds. The first kappa shape index (κ1) is 10.4. The molecule has 0 radical (unpaired) electrons. The quantitative estimate of drug-likeness (QED) is 0.851. The molecular weight excluding hydrogens is 200 g/mol. The Morgan fingerprint density at radius 1 is 0.938 bits per heavy atom. The third kappa shape index (κ3) is 2.48. The molecule has 1 heterocycles. The molecule has 4 nitrogen and oxygen atoms in total. The Morgan fingerprint density at radius 3 is 2.12 bits per heavy atom. The number of anilines is 3. The molecule has 0 aliphatic rings. The van der Waals surface area contributed by atoms with Crippen molar-refractivity contribution in [1.82, 2.24) is 9.97 Å². The highest BCUT2D eigenvalue weighted by molar-refractivity contribution is 5.61. The summed E-state index contributed by atoms with van der Waals surface area (Å²) in [6.07, 6.45) is 5.00. The van der Waals surface area contributed by atoms with Gasteiger partial charge in [0.1, 0.15) is 6.33 Å². The predicted octanol–water partition coefficient (Wildman–Crippen LogP) is 2.29. The first-order chi connectivity index (χ1) is 7.75. The van der Waals surface area contributed by atoms with Gasteiger partial charge in [-0.3, -0.25) is 0 Å². The summed E-state index contributed by atoms with van der Waals surface area (Å²) in [7, 11) is 4.04. The van der Waals surface area contributed by atoms with E-state index < -0.39 is 0 Å². The summed E-state index contributed by atoms with van der Waals surface area (Å²) in [6, 6.07) is 8.18. The number of aromatic nitrogens is 2. The van der Waals surface area contributed by atoms with Gasteiger partial charge in [0.15, 0.2) is 0 Å². The molecule has 0 spiro atoms. The van der Waals surface area contributed by atoms with Crippen LogP contribution in [0.15, 0.2) is 43.0 Å². The second-order valence-electron chi connectivity index (χ2n) is 3.69. The molecule has 0 aliphatic carbocycles. The van der Waals surface area contributed by atoms with Crippen LogP contribution in [0.3, 0.4) is 0 Å². The molecule has 16 heavy (non-hydrogen) atoms. The van der Waals surface area contributed by atoms with Crippen LogP contribution < -0.4 is 10.2 Å². The number of hydrogen-bond acceptors (Lipinski definition) is 4. The van der Waals surface area contributed by atoms with Crippen LogP contribution in [0.25, 0.3) is 0 Å². The molecule has 0 bridgehead atoms. The maximum Gasteiger partial charge on any atom is 0.115 e. The van der Waals surface area contributed by atoms with Crippen molar-refractivity contribution in [2.75, 3.05) is 24.3 Å². The fourth-order valence-corrected chi connectivity index (χ4v) is 1.37. The summed E-state index contributed by atoms with van der Waals surface area (Å²) in [5.74, 6) is 0. The molecule has 0 unspecified atom stereocenters. The average Bonchev–Trinajstić information content (AvgIpc) is 2.31. The topological polar surface area (TPSA) is 41.0 Å². The molecule has 82 valence electrons. The lowest BCUT2D eigenvalue weighted by Crippen LogP contribution is -2.08. The van der Waals surface area contributed by atoms with E-state index in [4.69, 9.17) is 0 Å². The SMILES string of the molecule is CN(C)c1ccc(Nc2cncnc2)cc1. The maximum absolute atomic E-state index is 3.94. The maximum atomic E-state index is 3.94. The van der Waals surface area contributed by atoms with Gasteiger partial charge in [-0.05, 0) is 24.3 Å². The zero-order valence-corrected chi connectivity index (χ0v) is 9.38. The number of benzene rings is 1. The van der Waals surface area contributed by atoms with Crippen molar-refractivity contribution in [1.29, 1.82) is 0 Å². The van der Waals surface area contributed by atoms with Gasteiger partial charge in [0.2, 0.25) is 0 Å². The molecule has 1 aromatic carbocycles. The summed E-state index contributed by atoms with van der Waals surface area (Å²) in [6.45, 7) is 0. The first-order valence-corrected chi connectivity index (χ1v) is 5.05. The van der Waals surface area contributed by atoms with Gasteiger partial charge in [-0.15, -0.1) is 0 Å². The Morgan fingerprint density at radius 2 is 1.56 bits per heavy atom. The van der Waals surface area contributed by atoms with Crippen molar-refractivity contribution in [2.24, 2.45) is 0 Å². The smallest absolute Gasteiger partial charge is 0.115 e. The zero-order chi connectivity index (χ0) is 11.4. The summed E-state index contributed by atoms with van der Waals surface area (Å²) in [5.41, 5.74) is 3.09. The van der Waals surface area contributed by atoms with Crippen LogP contribution in [-0.4, -0.2) is 24.1 Å². The molecule has 1 aromatic heterocycles. The number of hydrogen-bond donors (Lipinski definition) is 1. The molecule has 2 aromatic rings. The largest absolute Gasteiger partial charge is 0.378 e. The number of rotatable bonds is 3. The van der Waals surface area contributed by atoms with Crippen LogP contribution in [0.4, 0.5) is 17.1 Å². The molecular formula is C12H14N4. The minimum Gasteiger partial charge on any atom is -0.378 e. The van der Waals surface area contributed by atoms with Gasteiger partial charge < -0.3 is 10.2 Å². The van der Waals surface area contributed by atoms with Gasteiger partial charge in [0.25, 0.3) is 0 Å². The third-order valence-corrected chi connectivity index (χ3v) is 2.23. The van der Waals surface area contributed by atoms with Gasteiger partial charge in [-0.25, -0.2) is 9.97 Å². The summed E-state index contributed by atoms with van der Waals surface area (Å²) < 4.78 is 0. The van der Waals surface area contributed by atoms with Crippen molar-refractivity contribution >= 4 is 17.1 Å². The highest BCUT2D eigenvalue weighted by Gasteiger charge is 1.96. The molecule has 0 saturated heterocycles.